The summed E-state index contributed by atoms with van der Waals surface area (Å²) in [5.74, 6) is 1.08. The number of halogens is 1. The van der Waals surface area contributed by atoms with E-state index in [4.69, 9.17) is 11.6 Å². The molecule has 0 bridgehead atoms. The summed E-state index contributed by atoms with van der Waals surface area (Å²) in [6.45, 7) is 3.03. The van der Waals surface area contributed by atoms with Gasteiger partial charge in [-0.2, -0.15) is 0 Å². The van der Waals surface area contributed by atoms with Gasteiger partial charge in [0.2, 0.25) is 0 Å². The summed E-state index contributed by atoms with van der Waals surface area (Å²) in [5, 5.41) is 0.590. The number of unbranched alkanes of at least 4 members (excludes halogenated alkanes) is 1. The summed E-state index contributed by atoms with van der Waals surface area (Å²) >= 11 is 5.98. The highest BCUT2D eigenvalue weighted by Crippen LogP contribution is 2.13. The van der Waals surface area contributed by atoms with Gasteiger partial charge in [0, 0.05) is 19.2 Å². The lowest BCUT2D eigenvalue weighted by atomic mass is 10.2. The van der Waals surface area contributed by atoms with Crippen molar-refractivity contribution >= 4 is 11.6 Å². The molecule has 90 valence electrons. The molecule has 0 saturated heterocycles. The quantitative estimate of drug-likeness (QED) is 0.784. The van der Waals surface area contributed by atoms with Crippen LogP contribution in [-0.2, 0) is 13.0 Å². The third kappa shape index (κ3) is 3.34. The van der Waals surface area contributed by atoms with Crippen molar-refractivity contribution in [3.8, 4) is 0 Å². The fraction of sp³-hybridized carbons (Fsp3) is 0.357. The van der Waals surface area contributed by atoms with E-state index in [1.165, 1.54) is 12.0 Å². The molecule has 1 aromatic heterocycles. The predicted molar refractivity (Wildman–Crippen MR) is 71.4 cm³/mol. The van der Waals surface area contributed by atoms with Crippen molar-refractivity contribution in [1.82, 2.24) is 9.55 Å². The minimum Gasteiger partial charge on any atom is -0.329 e. The van der Waals surface area contributed by atoms with Crippen LogP contribution in [-0.4, -0.2) is 9.55 Å². The molecule has 2 aromatic rings. The predicted octanol–water partition coefficient (Wildman–Crippen LogP) is 3.93. The maximum absolute atomic E-state index is 5.98. The zero-order valence-corrected chi connectivity index (χ0v) is 10.8. The van der Waals surface area contributed by atoms with E-state index in [2.05, 4.69) is 40.7 Å². The number of nitrogens with zero attached hydrogens (tertiary/aromatic N) is 2. The molecule has 0 aliphatic carbocycles. The number of hydrogen-bond acceptors (Lipinski definition) is 1. The van der Waals surface area contributed by atoms with Crippen LogP contribution in [0.3, 0.4) is 0 Å². The summed E-state index contributed by atoms with van der Waals surface area (Å²) in [6, 6.07) is 10.4. The van der Waals surface area contributed by atoms with Gasteiger partial charge < -0.3 is 4.57 Å². The monoisotopic (exact) mass is 248 g/mol. The van der Waals surface area contributed by atoms with Crippen molar-refractivity contribution in [3.05, 3.63) is 53.1 Å². The van der Waals surface area contributed by atoms with Crippen LogP contribution in [0.25, 0.3) is 0 Å². The first kappa shape index (κ1) is 12.2. The topological polar surface area (TPSA) is 17.8 Å². The average molecular weight is 249 g/mol. The van der Waals surface area contributed by atoms with Crippen molar-refractivity contribution in [3.63, 3.8) is 0 Å². The smallest absolute Gasteiger partial charge is 0.147 e. The van der Waals surface area contributed by atoms with Gasteiger partial charge in [-0.15, -0.1) is 0 Å². The molecular formula is C14H17ClN2. The Morgan fingerprint density at radius 2 is 2.00 bits per heavy atom. The fourth-order valence-electron chi connectivity index (χ4n) is 1.87. The van der Waals surface area contributed by atoms with Crippen LogP contribution in [0.4, 0.5) is 0 Å². The van der Waals surface area contributed by atoms with E-state index >= 15 is 0 Å². The zero-order valence-electron chi connectivity index (χ0n) is 10.1. The van der Waals surface area contributed by atoms with Crippen LogP contribution in [0, 0.1) is 0 Å². The first-order chi connectivity index (χ1) is 8.29. The Morgan fingerprint density at radius 3 is 2.71 bits per heavy atom. The molecular weight excluding hydrogens is 232 g/mol. The normalized spacial score (nSPS) is 10.7. The Balaban J connectivity index is 2.14. The minimum atomic E-state index is 0.590. The molecule has 2 rings (SSSR count). The van der Waals surface area contributed by atoms with Gasteiger partial charge in [0.25, 0.3) is 0 Å². The fourth-order valence-corrected chi connectivity index (χ4v) is 2.09. The van der Waals surface area contributed by atoms with Crippen LogP contribution < -0.4 is 0 Å². The van der Waals surface area contributed by atoms with E-state index in [-0.39, 0.29) is 0 Å². The molecule has 0 radical (unpaired) electrons. The molecule has 1 aromatic carbocycles. The number of rotatable bonds is 5. The SMILES string of the molecule is CCCCc1nc(Cl)cn1Cc1ccccc1. The van der Waals surface area contributed by atoms with Crippen LogP contribution in [0.15, 0.2) is 36.5 Å². The lowest BCUT2D eigenvalue weighted by Crippen LogP contribution is -2.04. The van der Waals surface area contributed by atoms with E-state index in [9.17, 15) is 0 Å². The Kier molecular flexibility index (Phi) is 4.21. The van der Waals surface area contributed by atoms with E-state index in [1.807, 2.05) is 12.3 Å². The van der Waals surface area contributed by atoms with Gasteiger partial charge in [-0.25, -0.2) is 4.98 Å². The molecule has 2 nitrogen and oxygen atoms in total. The summed E-state index contributed by atoms with van der Waals surface area (Å²) < 4.78 is 2.15. The molecule has 0 saturated carbocycles. The second-order valence-corrected chi connectivity index (χ2v) is 4.58. The molecule has 17 heavy (non-hydrogen) atoms. The number of imidazole rings is 1. The Hall–Kier alpha value is -1.28. The summed E-state index contributed by atoms with van der Waals surface area (Å²) in [5.41, 5.74) is 1.28. The third-order valence-electron chi connectivity index (χ3n) is 2.78. The van der Waals surface area contributed by atoms with Gasteiger partial charge in [-0.3, -0.25) is 0 Å². The molecule has 3 heteroatoms. The molecule has 0 atom stereocenters. The maximum atomic E-state index is 5.98. The van der Waals surface area contributed by atoms with Crippen molar-refractivity contribution in [2.75, 3.05) is 0 Å². The van der Waals surface area contributed by atoms with Gasteiger partial charge in [0.05, 0.1) is 0 Å². The number of hydrogen-bond donors (Lipinski definition) is 0. The van der Waals surface area contributed by atoms with E-state index in [1.54, 1.807) is 0 Å². The molecule has 0 unspecified atom stereocenters. The molecule has 0 spiro atoms. The van der Waals surface area contributed by atoms with Crippen molar-refractivity contribution < 1.29 is 0 Å². The van der Waals surface area contributed by atoms with Gasteiger partial charge in [-0.05, 0) is 12.0 Å². The highest BCUT2D eigenvalue weighted by atomic mass is 35.5. The second kappa shape index (κ2) is 5.87. The summed E-state index contributed by atoms with van der Waals surface area (Å²) in [6.07, 6.45) is 5.24. The zero-order chi connectivity index (χ0) is 12.1. The molecule has 0 N–H and O–H groups in total. The van der Waals surface area contributed by atoms with E-state index in [0.717, 1.165) is 25.2 Å². The van der Waals surface area contributed by atoms with Crippen molar-refractivity contribution in [2.24, 2.45) is 0 Å². The van der Waals surface area contributed by atoms with Crippen molar-refractivity contribution in [2.45, 2.75) is 32.7 Å². The molecule has 0 fully saturated rings. The Morgan fingerprint density at radius 1 is 1.24 bits per heavy atom. The van der Waals surface area contributed by atoms with Gasteiger partial charge >= 0.3 is 0 Å². The van der Waals surface area contributed by atoms with Crippen LogP contribution in [0.1, 0.15) is 31.2 Å². The van der Waals surface area contributed by atoms with E-state index in [0.29, 0.717) is 5.15 Å². The highest BCUT2D eigenvalue weighted by molar-refractivity contribution is 6.29. The van der Waals surface area contributed by atoms with Crippen LogP contribution >= 0.6 is 11.6 Å². The van der Waals surface area contributed by atoms with Gasteiger partial charge in [-0.1, -0.05) is 55.3 Å². The summed E-state index contributed by atoms with van der Waals surface area (Å²) in [4.78, 5) is 4.37. The van der Waals surface area contributed by atoms with Crippen LogP contribution in [0.5, 0.6) is 0 Å². The van der Waals surface area contributed by atoms with Crippen molar-refractivity contribution in [1.29, 1.82) is 0 Å². The first-order valence-electron chi connectivity index (χ1n) is 6.05. The average Bonchev–Trinajstić information content (AvgIpc) is 2.68. The third-order valence-corrected chi connectivity index (χ3v) is 2.96. The number of aryl methyl sites for hydroxylation is 1. The second-order valence-electron chi connectivity index (χ2n) is 4.20. The lowest BCUT2D eigenvalue weighted by molar-refractivity contribution is 0.678. The van der Waals surface area contributed by atoms with E-state index < -0.39 is 0 Å². The molecule has 0 aliphatic rings. The van der Waals surface area contributed by atoms with Gasteiger partial charge in [0.15, 0.2) is 0 Å². The Labute approximate surface area is 107 Å². The lowest BCUT2D eigenvalue weighted by Gasteiger charge is -2.07. The Bertz CT molecular complexity index is 462. The molecule has 0 aliphatic heterocycles. The molecule has 0 amide bonds. The van der Waals surface area contributed by atoms with Crippen LogP contribution in [0.2, 0.25) is 5.15 Å². The number of aromatic nitrogens is 2. The standard InChI is InChI=1S/C14H17ClN2/c1-2-3-9-14-16-13(15)11-17(14)10-12-7-5-4-6-8-12/h4-8,11H,2-3,9-10H2,1H3. The largest absolute Gasteiger partial charge is 0.329 e. The first-order valence-corrected chi connectivity index (χ1v) is 6.43. The summed E-state index contributed by atoms with van der Waals surface area (Å²) in [7, 11) is 0. The number of benzene rings is 1. The minimum absolute atomic E-state index is 0.590. The maximum Gasteiger partial charge on any atom is 0.147 e. The van der Waals surface area contributed by atoms with Gasteiger partial charge in [0.1, 0.15) is 11.0 Å². The highest BCUT2D eigenvalue weighted by Gasteiger charge is 2.06. The molecule has 1 heterocycles.